The van der Waals surface area contributed by atoms with Crippen LogP contribution in [0.25, 0.3) is 0 Å². The smallest absolute Gasteiger partial charge is 0.253 e. The molecule has 0 aromatic carbocycles. The van der Waals surface area contributed by atoms with E-state index >= 15 is 0 Å². The van der Waals surface area contributed by atoms with Crippen LogP contribution in [0, 0.1) is 0 Å². The summed E-state index contributed by atoms with van der Waals surface area (Å²) in [5, 5.41) is 2.74. The van der Waals surface area contributed by atoms with Gasteiger partial charge in [0.1, 0.15) is 6.10 Å². The van der Waals surface area contributed by atoms with E-state index in [1.165, 1.54) is 12.4 Å². The van der Waals surface area contributed by atoms with E-state index in [-0.39, 0.29) is 12.0 Å². The lowest BCUT2D eigenvalue weighted by molar-refractivity contribution is -0.126. The minimum absolute atomic E-state index is 0.133. The average molecular weight is 268 g/mol. The molecule has 2 rings (SSSR count). The number of ether oxygens (including phenoxy) is 1. The second kappa shape index (κ2) is 5.58. The van der Waals surface area contributed by atoms with Gasteiger partial charge < -0.3 is 10.1 Å². The van der Waals surface area contributed by atoms with Crippen LogP contribution >= 0.6 is 0 Å². The number of carbonyl (C=O) groups excluding carboxylic acids is 1. The van der Waals surface area contributed by atoms with Crippen LogP contribution < -0.4 is 5.32 Å². The van der Waals surface area contributed by atoms with Crippen LogP contribution in [0.1, 0.15) is 19.8 Å². The van der Waals surface area contributed by atoms with Crippen molar-refractivity contribution in [3.05, 3.63) is 18.5 Å². The molecule has 1 aromatic rings. The maximum absolute atomic E-state index is 11.9. The quantitative estimate of drug-likeness (QED) is 0.898. The first-order chi connectivity index (χ1) is 8.56. The van der Waals surface area contributed by atoms with Gasteiger partial charge in [-0.3, -0.25) is 14.0 Å². The molecule has 0 saturated carbocycles. The van der Waals surface area contributed by atoms with Gasteiger partial charge in [-0.05, 0) is 25.8 Å². The molecule has 1 amide bonds. The second-order valence-electron chi connectivity index (χ2n) is 4.37. The van der Waals surface area contributed by atoms with Crippen molar-refractivity contribution in [2.75, 3.05) is 11.6 Å². The fraction of sp³-hybridized carbons (Fsp3) is 0.500. The first-order valence-corrected chi connectivity index (χ1v) is 7.37. The van der Waals surface area contributed by atoms with Crippen molar-refractivity contribution < 1.29 is 13.7 Å². The number of anilines is 1. The highest BCUT2D eigenvalue weighted by Gasteiger charge is 2.28. The monoisotopic (exact) mass is 268 g/mol. The number of hydrogen-bond acceptors (Lipinski definition) is 4. The number of amides is 1. The lowest BCUT2D eigenvalue weighted by Crippen LogP contribution is -2.27. The van der Waals surface area contributed by atoms with Crippen molar-refractivity contribution in [2.45, 2.75) is 36.9 Å². The third kappa shape index (κ3) is 3.14. The van der Waals surface area contributed by atoms with E-state index in [1.54, 1.807) is 12.3 Å². The highest BCUT2D eigenvalue weighted by atomic mass is 32.2. The van der Waals surface area contributed by atoms with Crippen molar-refractivity contribution in [1.29, 1.82) is 0 Å². The van der Waals surface area contributed by atoms with Gasteiger partial charge in [0.05, 0.1) is 33.7 Å². The molecule has 6 heteroatoms. The van der Waals surface area contributed by atoms with E-state index in [4.69, 9.17) is 4.74 Å². The summed E-state index contributed by atoms with van der Waals surface area (Å²) >= 11 is 0. The molecule has 18 heavy (non-hydrogen) atoms. The molecule has 1 aromatic heterocycles. The number of hydrogen-bond donors (Lipinski definition) is 1. The van der Waals surface area contributed by atoms with Crippen molar-refractivity contribution in [1.82, 2.24) is 4.98 Å². The van der Waals surface area contributed by atoms with Gasteiger partial charge in [-0.25, -0.2) is 0 Å². The molecular weight excluding hydrogens is 252 g/mol. The zero-order valence-electron chi connectivity index (χ0n) is 10.4. The number of nitrogens with one attached hydrogen (secondary N) is 1. The number of rotatable bonds is 3. The molecule has 1 aliphatic heterocycles. The summed E-state index contributed by atoms with van der Waals surface area (Å²) in [5.41, 5.74) is 0.552. The van der Waals surface area contributed by atoms with Gasteiger partial charge in [-0.15, -0.1) is 0 Å². The van der Waals surface area contributed by atoms with Gasteiger partial charge in [0.15, 0.2) is 0 Å². The first kappa shape index (κ1) is 13.2. The first-order valence-electron chi connectivity index (χ1n) is 5.81. The predicted molar refractivity (Wildman–Crippen MR) is 68.8 cm³/mol. The van der Waals surface area contributed by atoms with Gasteiger partial charge in [0.2, 0.25) is 0 Å². The summed E-state index contributed by atoms with van der Waals surface area (Å²) in [6.07, 6.45) is 6.01. The third-order valence-electron chi connectivity index (χ3n) is 2.84. The standard InChI is InChI=1S/C12H16N2O3S/c1-8-3-4-11(17-8)12(15)14-9-5-10(18(2)16)7-13-6-9/h5-8,11H,3-4H2,1-2H3,(H,14,15). The average Bonchev–Trinajstić information content (AvgIpc) is 2.76. The minimum Gasteiger partial charge on any atom is -0.365 e. The summed E-state index contributed by atoms with van der Waals surface area (Å²) < 4.78 is 16.8. The maximum Gasteiger partial charge on any atom is 0.253 e. The molecule has 3 atom stereocenters. The molecule has 2 heterocycles. The van der Waals surface area contributed by atoms with Crippen LogP contribution in [0.15, 0.2) is 23.4 Å². The molecule has 98 valence electrons. The van der Waals surface area contributed by atoms with Gasteiger partial charge in [0.25, 0.3) is 5.91 Å². The number of carbonyl (C=O) groups is 1. The minimum atomic E-state index is -1.11. The van der Waals surface area contributed by atoms with E-state index in [0.717, 1.165) is 12.8 Å². The molecule has 1 aliphatic rings. The van der Waals surface area contributed by atoms with Gasteiger partial charge in [0, 0.05) is 12.5 Å². The lowest BCUT2D eigenvalue weighted by Gasteiger charge is -2.11. The Labute approximate surface area is 108 Å². The van der Waals surface area contributed by atoms with Crippen LogP contribution in [0.5, 0.6) is 0 Å². The Morgan fingerprint density at radius 2 is 2.28 bits per heavy atom. The van der Waals surface area contributed by atoms with E-state index in [9.17, 15) is 9.00 Å². The second-order valence-corrected chi connectivity index (χ2v) is 5.75. The zero-order chi connectivity index (χ0) is 13.1. The molecule has 1 fully saturated rings. The Morgan fingerprint density at radius 3 is 2.89 bits per heavy atom. The van der Waals surface area contributed by atoms with Gasteiger partial charge in [-0.2, -0.15) is 0 Å². The maximum atomic E-state index is 11.9. The van der Waals surface area contributed by atoms with E-state index in [2.05, 4.69) is 10.3 Å². The summed E-state index contributed by atoms with van der Waals surface area (Å²) in [4.78, 5) is 16.4. The van der Waals surface area contributed by atoms with Gasteiger partial charge >= 0.3 is 0 Å². The molecule has 0 aliphatic carbocycles. The van der Waals surface area contributed by atoms with Crippen LogP contribution in [0.2, 0.25) is 0 Å². The summed E-state index contributed by atoms with van der Waals surface area (Å²) in [7, 11) is -1.11. The fourth-order valence-corrected chi connectivity index (χ4v) is 2.36. The van der Waals surface area contributed by atoms with Crippen molar-refractivity contribution >= 4 is 22.4 Å². The van der Waals surface area contributed by atoms with Crippen LogP contribution in [-0.4, -0.2) is 33.6 Å². The summed E-state index contributed by atoms with van der Waals surface area (Å²) in [6.45, 7) is 1.95. The molecule has 1 saturated heterocycles. The molecular formula is C12H16N2O3S. The van der Waals surface area contributed by atoms with E-state index in [0.29, 0.717) is 10.6 Å². The molecule has 0 spiro atoms. The Morgan fingerprint density at radius 1 is 1.50 bits per heavy atom. The van der Waals surface area contributed by atoms with Crippen LogP contribution in [-0.2, 0) is 20.3 Å². The molecule has 0 radical (unpaired) electrons. The number of aromatic nitrogens is 1. The number of pyridine rings is 1. The predicted octanol–water partition coefficient (Wildman–Crippen LogP) is 1.33. The van der Waals surface area contributed by atoms with Gasteiger partial charge in [-0.1, -0.05) is 0 Å². The topological polar surface area (TPSA) is 68.3 Å². The highest BCUT2D eigenvalue weighted by Crippen LogP contribution is 2.20. The fourth-order valence-electron chi connectivity index (χ4n) is 1.86. The van der Waals surface area contributed by atoms with Crippen LogP contribution in [0.3, 0.4) is 0 Å². The Hall–Kier alpha value is -1.27. The van der Waals surface area contributed by atoms with Crippen LogP contribution in [0.4, 0.5) is 5.69 Å². The van der Waals surface area contributed by atoms with E-state index < -0.39 is 16.9 Å². The highest BCUT2D eigenvalue weighted by molar-refractivity contribution is 7.84. The number of nitrogens with zero attached hydrogens (tertiary/aromatic N) is 1. The Balaban J connectivity index is 2.03. The Kier molecular flexibility index (Phi) is 4.08. The third-order valence-corrected chi connectivity index (χ3v) is 3.72. The summed E-state index contributed by atoms with van der Waals surface area (Å²) in [5.74, 6) is -0.166. The summed E-state index contributed by atoms with van der Waals surface area (Å²) in [6, 6.07) is 1.67. The lowest BCUT2D eigenvalue weighted by atomic mass is 10.2. The van der Waals surface area contributed by atoms with Crippen molar-refractivity contribution in [2.24, 2.45) is 0 Å². The van der Waals surface area contributed by atoms with Crippen molar-refractivity contribution in [3.8, 4) is 0 Å². The molecule has 3 unspecified atom stereocenters. The molecule has 5 nitrogen and oxygen atoms in total. The van der Waals surface area contributed by atoms with E-state index in [1.807, 2.05) is 6.92 Å². The normalized spacial score (nSPS) is 24.8. The molecule has 0 bridgehead atoms. The molecule has 1 N–H and O–H groups in total. The van der Waals surface area contributed by atoms with Crippen molar-refractivity contribution in [3.63, 3.8) is 0 Å². The largest absolute Gasteiger partial charge is 0.365 e. The Bertz CT molecular complexity index is 478. The zero-order valence-corrected chi connectivity index (χ0v) is 11.2. The SMILES string of the molecule is CC1CCC(C(=O)Nc2cncc(S(C)=O)c2)O1.